The highest BCUT2D eigenvalue weighted by Crippen LogP contribution is 2.41. The van der Waals surface area contributed by atoms with Gasteiger partial charge in [0.2, 0.25) is 11.8 Å². The molecule has 4 heterocycles. The quantitative estimate of drug-likeness (QED) is 0.159. The van der Waals surface area contributed by atoms with E-state index in [1.165, 1.54) is 23.3 Å². The molecule has 0 bridgehead atoms. The van der Waals surface area contributed by atoms with Crippen molar-refractivity contribution in [2.45, 2.75) is 65.7 Å². The number of methoxy groups -OCH3 is 1. The fourth-order valence-electron chi connectivity index (χ4n) is 5.99. The number of amides is 1. The maximum atomic E-state index is 12.9. The van der Waals surface area contributed by atoms with Crippen LogP contribution in [0.4, 0.5) is 4.79 Å². The first kappa shape index (κ1) is 33.3. The van der Waals surface area contributed by atoms with Crippen LogP contribution >= 0.6 is 22.9 Å². The zero-order valence-electron chi connectivity index (χ0n) is 27.4. The molecule has 1 aliphatic heterocycles. The van der Waals surface area contributed by atoms with Gasteiger partial charge in [-0.25, -0.2) is 14.6 Å². The van der Waals surface area contributed by atoms with E-state index >= 15 is 0 Å². The highest BCUT2D eigenvalue weighted by atomic mass is 35.5. The molecule has 3 aromatic heterocycles. The van der Waals surface area contributed by atoms with Crippen LogP contribution in [0.5, 0.6) is 11.5 Å². The van der Waals surface area contributed by atoms with Gasteiger partial charge in [-0.05, 0) is 36.6 Å². The molecule has 1 amide bonds. The average Bonchev–Trinajstić information content (AvgIpc) is 3.79. The van der Waals surface area contributed by atoms with Gasteiger partial charge in [-0.15, -0.1) is 21.5 Å². The summed E-state index contributed by atoms with van der Waals surface area (Å²) in [6.07, 6.45) is 1.07. The second-order valence-electron chi connectivity index (χ2n) is 12.8. The number of hydrogen-bond acceptors (Lipinski definition) is 10. The smallest absolute Gasteiger partial charge is 0.407 e. The number of benzene rings is 2. The summed E-state index contributed by atoms with van der Waals surface area (Å²) in [6, 6.07) is 12.7. The van der Waals surface area contributed by atoms with Gasteiger partial charge in [0.1, 0.15) is 35.0 Å². The van der Waals surface area contributed by atoms with Crippen molar-refractivity contribution < 1.29 is 33.3 Å². The van der Waals surface area contributed by atoms with Crippen molar-refractivity contribution in [3.63, 3.8) is 0 Å². The molecule has 48 heavy (non-hydrogen) atoms. The van der Waals surface area contributed by atoms with Crippen LogP contribution in [0.1, 0.15) is 67.8 Å². The van der Waals surface area contributed by atoms with Crippen LogP contribution in [-0.4, -0.2) is 67.6 Å². The number of aromatic nitrogens is 4. The lowest BCUT2D eigenvalue weighted by atomic mass is 9.80. The Morgan fingerprint density at radius 3 is 2.62 bits per heavy atom. The van der Waals surface area contributed by atoms with Gasteiger partial charge in [0.15, 0.2) is 4.88 Å². The Morgan fingerprint density at radius 2 is 1.94 bits per heavy atom. The second kappa shape index (κ2) is 13.1. The van der Waals surface area contributed by atoms with Gasteiger partial charge in [0.25, 0.3) is 0 Å². The van der Waals surface area contributed by atoms with Gasteiger partial charge in [-0.2, -0.15) is 0 Å². The van der Waals surface area contributed by atoms with Gasteiger partial charge in [-0.3, -0.25) is 4.57 Å². The topological polar surface area (TPSA) is 142 Å². The molecule has 1 aliphatic rings. The van der Waals surface area contributed by atoms with E-state index in [1.807, 2.05) is 62.6 Å². The van der Waals surface area contributed by atoms with Crippen LogP contribution in [0, 0.1) is 12.3 Å². The summed E-state index contributed by atoms with van der Waals surface area (Å²) in [7, 11) is 1.32. The lowest BCUT2D eigenvalue weighted by molar-refractivity contribution is 0.0130. The molecule has 0 aliphatic carbocycles. The lowest BCUT2D eigenvalue weighted by Crippen LogP contribution is -2.53. The van der Waals surface area contributed by atoms with Crippen LogP contribution in [0.25, 0.3) is 27.5 Å². The molecule has 1 fully saturated rings. The van der Waals surface area contributed by atoms with Crippen molar-refractivity contribution in [3.8, 4) is 28.0 Å². The number of halogens is 1. The normalized spacial score (nSPS) is 17.4. The maximum Gasteiger partial charge on any atom is 0.407 e. The van der Waals surface area contributed by atoms with Gasteiger partial charge in [0.05, 0.1) is 23.2 Å². The lowest BCUT2D eigenvalue weighted by Gasteiger charge is -2.44. The number of rotatable bonds is 8. The summed E-state index contributed by atoms with van der Waals surface area (Å²) in [4.78, 5) is 31.1. The first-order chi connectivity index (χ1) is 22.8. The minimum Gasteiger partial charge on any atom is -0.489 e. The molecule has 14 heteroatoms. The monoisotopic (exact) mass is 693 g/mol. The third kappa shape index (κ3) is 6.56. The number of hydrogen-bond donors (Lipinski definition) is 1. The number of esters is 1. The Labute approximate surface area is 286 Å². The Morgan fingerprint density at radius 1 is 1.15 bits per heavy atom. The van der Waals surface area contributed by atoms with Crippen molar-refractivity contribution in [2.75, 3.05) is 13.7 Å². The van der Waals surface area contributed by atoms with E-state index < -0.39 is 18.2 Å². The molecular weight excluding hydrogens is 658 g/mol. The standard InChI is InChI=1S/C34H36ClN5O7S/c1-18(22-8-7-9-25(29(22)35)47-21-12-13-39(33(42)43)27(15-21)34(3,4)5)45-26-16-28(48-30(26)32(41)44-6)40-17-36-23-14-20(10-11-24(23)40)31-38-37-19(2)46-31/h7-11,14,16-18,21,27H,12-13,15H2,1-6H3,(H,42,43)/t18-,21?,27?/m1/s1. The fourth-order valence-corrected chi connectivity index (χ4v) is 7.31. The molecule has 12 nitrogen and oxygen atoms in total. The summed E-state index contributed by atoms with van der Waals surface area (Å²) in [5, 5.41) is 18.8. The highest BCUT2D eigenvalue weighted by molar-refractivity contribution is 7.16. The highest BCUT2D eigenvalue weighted by Gasteiger charge is 2.39. The average molecular weight is 694 g/mol. The number of imidazole rings is 1. The van der Waals surface area contributed by atoms with Crippen LogP contribution in [-0.2, 0) is 4.74 Å². The number of carbonyl (C=O) groups is 2. The van der Waals surface area contributed by atoms with E-state index in [0.717, 1.165) is 11.1 Å². The van der Waals surface area contributed by atoms with Gasteiger partial charge in [0, 0.05) is 49.5 Å². The Hall–Kier alpha value is -4.62. The maximum absolute atomic E-state index is 12.9. The van der Waals surface area contributed by atoms with Crippen LogP contribution in [0.15, 0.2) is 53.2 Å². The van der Waals surface area contributed by atoms with Gasteiger partial charge >= 0.3 is 12.1 Å². The minimum atomic E-state index is -0.923. The molecule has 1 saturated heterocycles. The minimum absolute atomic E-state index is 0.202. The Kier molecular flexibility index (Phi) is 9.10. The van der Waals surface area contributed by atoms with Crippen LogP contribution in [0.3, 0.4) is 0 Å². The fraction of sp³-hybridized carbons (Fsp3) is 0.382. The number of carbonyl (C=O) groups excluding carboxylic acids is 1. The third-order valence-electron chi connectivity index (χ3n) is 8.44. The van der Waals surface area contributed by atoms with Crippen molar-refractivity contribution in [1.29, 1.82) is 0 Å². The molecule has 3 atom stereocenters. The number of nitrogens with zero attached hydrogens (tertiary/aromatic N) is 5. The Balaban J connectivity index is 1.24. The number of carboxylic acid groups (broad SMARTS) is 1. The Bertz CT molecular complexity index is 1980. The first-order valence-electron chi connectivity index (χ1n) is 15.5. The molecule has 0 saturated carbocycles. The number of thiophene rings is 1. The summed E-state index contributed by atoms with van der Waals surface area (Å²) in [5.41, 5.74) is 2.67. The first-order valence-corrected chi connectivity index (χ1v) is 16.6. The zero-order chi connectivity index (χ0) is 34.3. The molecule has 0 spiro atoms. The molecule has 1 N–H and O–H groups in total. The summed E-state index contributed by atoms with van der Waals surface area (Å²) >= 11 is 8.13. The number of likely N-dealkylation sites (tertiary alicyclic amines) is 1. The summed E-state index contributed by atoms with van der Waals surface area (Å²) in [5.74, 6) is 1.18. The van der Waals surface area contributed by atoms with E-state index in [4.69, 9.17) is 30.2 Å². The zero-order valence-corrected chi connectivity index (χ0v) is 29.0. The molecule has 2 unspecified atom stereocenters. The van der Waals surface area contributed by atoms with Crippen molar-refractivity contribution in [1.82, 2.24) is 24.6 Å². The molecule has 252 valence electrons. The predicted molar refractivity (Wildman–Crippen MR) is 180 cm³/mol. The van der Waals surface area contributed by atoms with E-state index in [-0.39, 0.29) is 17.6 Å². The summed E-state index contributed by atoms with van der Waals surface area (Å²) in [6.45, 7) is 10.1. The second-order valence-corrected chi connectivity index (χ2v) is 14.2. The van der Waals surface area contributed by atoms with E-state index in [2.05, 4.69) is 15.2 Å². The SMILES string of the molecule is COC(=O)c1sc(-n2cnc3cc(-c4nnc(C)o4)ccc32)cc1O[C@H](C)c1cccc(OC2CCN(C(=O)O)C(C(C)(C)C)C2)c1Cl. The molecule has 0 radical (unpaired) electrons. The number of ether oxygens (including phenoxy) is 3. The van der Waals surface area contributed by atoms with E-state index in [0.29, 0.717) is 68.6 Å². The molecular formula is C34H36ClN5O7S. The van der Waals surface area contributed by atoms with Gasteiger partial charge in [-0.1, -0.05) is 44.5 Å². The largest absolute Gasteiger partial charge is 0.489 e. The van der Waals surface area contributed by atoms with Crippen molar-refractivity contribution in [2.24, 2.45) is 5.41 Å². The number of aryl methyl sites for hydroxylation is 1. The van der Waals surface area contributed by atoms with E-state index in [9.17, 15) is 14.7 Å². The number of piperidine rings is 1. The van der Waals surface area contributed by atoms with E-state index in [1.54, 1.807) is 25.4 Å². The molecule has 2 aromatic carbocycles. The number of fused-ring (bicyclic) bond motifs is 1. The molecule has 5 aromatic rings. The predicted octanol–water partition coefficient (Wildman–Crippen LogP) is 7.96. The third-order valence-corrected chi connectivity index (χ3v) is 9.94. The summed E-state index contributed by atoms with van der Waals surface area (Å²) < 4.78 is 25.3. The van der Waals surface area contributed by atoms with Crippen molar-refractivity contribution >= 4 is 46.0 Å². The van der Waals surface area contributed by atoms with Crippen LogP contribution < -0.4 is 9.47 Å². The molecule has 6 rings (SSSR count). The van der Waals surface area contributed by atoms with Crippen LogP contribution in [0.2, 0.25) is 5.02 Å². The van der Waals surface area contributed by atoms with Gasteiger partial charge < -0.3 is 28.6 Å². The van der Waals surface area contributed by atoms with Crippen molar-refractivity contribution in [3.05, 3.63) is 70.1 Å².